The lowest BCUT2D eigenvalue weighted by Crippen LogP contribution is -2.40. The maximum atomic E-state index is 13.2. The smallest absolute Gasteiger partial charge is 0.338 e. The van der Waals surface area contributed by atoms with Gasteiger partial charge in [0.05, 0.1) is 33.8 Å². The molecule has 4 rings (SSSR count). The second-order valence-corrected chi connectivity index (χ2v) is 9.79. The predicted molar refractivity (Wildman–Crippen MR) is 120 cm³/mol. The molecule has 0 aromatic carbocycles. The number of thiazole rings is 1. The Bertz CT molecular complexity index is 1350. The summed E-state index contributed by atoms with van der Waals surface area (Å²) < 4.78 is 7.61. The number of ether oxygens (including phenoxy) is 1. The molecule has 0 saturated heterocycles. The SMILES string of the molecule is CC(C)OC(=O)C1=c2s/c(=C\c3cccs3)c(=O)n2C(N)=C(C#N)[C@H]1c1cccs1. The van der Waals surface area contributed by atoms with E-state index in [1.165, 1.54) is 38.6 Å². The molecule has 0 bridgehead atoms. The zero-order chi connectivity index (χ0) is 21.4. The molecule has 152 valence electrons. The number of esters is 1. The van der Waals surface area contributed by atoms with Crippen molar-refractivity contribution in [2.24, 2.45) is 5.73 Å². The summed E-state index contributed by atoms with van der Waals surface area (Å²) in [6, 6.07) is 9.62. The molecule has 1 aliphatic heterocycles. The monoisotopic (exact) mass is 455 g/mol. The number of rotatable bonds is 4. The zero-order valence-electron chi connectivity index (χ0n) is 16.1. The molecular formula is C21H17N3O3S3. The molecule has 0 radical (unpaired) electrons. The van der Waals surface area contributed by atoms with Crippen molar-refractivity contribution in [3.05, 3.63) is 69.9 Å². The van der Waals surface area contributed by atoms with Gasteiger partial charge in [-0.2, -0.15) is 5.26 Å². The van der Waals surface area contributed by atoms with E-state index in [1.807, 2.05) is 35.0 Å². The Kier molecular flexibility index (Phi) is 5.47. The Morgan fingerprint density at radius 1 is 1.30 bits per heavy atom. The molecule has 0 saturated carbocycles. The van der Waals surface area contributed by atoms with Crippen LogP contribution in [-0.4, -0.2) is 16.6 Å². The first kappa shape index (κ1) is 20.3. The van der Waals surface area contributed by atoms with Crippen LogP contribution in [0.15, 0.2) is 45.4 Å². The maximum Gasteiger partial charge on any atom is 0.338 e. The fourth-order valence-electron chi connectivity index (χ4n) is 3.26. The van der Waals surface area contributed by atoms with Gasteiger partial charge in [0, 0.05) is 9.75 Å². The number of carbonyl (C=O) groups excluding carboxylic acids is 1. The largest absolute Gasteiger partial charge is 0.460 e. The van der Waals surface area contributed by atoms with Crippen LogP contribution in [0.1, 0.15) is 29.5 Å². The molecule has 4 heterocycles. The predicted octanol–water partition coefficient (Wildman–Crippen LogP) is 2.41. The van der Waals surface area contributed by atoms with Crippen molar-refractivity contribution in [1.82, 2.24) is 4.57 Å². The van der Waals surface area contributed by atoms with E-state index in [0.717, 1.165) is 9.75 Å². The number of hydrogen-bond donors (Lipinski definition) is 1. The van der Waals surface area contributed by atoms with E-state index in [2.05, 4.69) is 6.07 Å². The van der Waals surface area contributed by atoms with Gasteiger partial charge in [0.15, 0.2) is 0 Å². The molecule has 0 fully saturated rings. The average molecular weight is 456 g/mol. The Hall–Kier alpha value is -2.93. The van der Waals surface area contributed by atoms with Crippen LogP contribution in [0.4, 0.5) is 0 Å². The van der Waals surface area contributed by atoms with Crippen molar-refractivity contribution in [3.63, 3.8) is 0 Å². The number of fused-ring (bicyclic) bond motifs is 1. The van der Waals surface area contributed by atoms with Gasteiger partial charge in [-0.15, -0.1) is 34.0 Å². The second-order valence-electron chi connectivity index (χ2n) is 6.80. The number of nitrogens with two attached hydrogens (primary N) is 1. The van der Waals surface area contributed by atoms with E-state index < -0.39 is 11.9 Å². The quantitative estimate of drug-likeness (QED) is 0.609. The standard InChI is InChI=1S/C21H17N3O3S3/c1-11(2)27-21(26)17-16(14-6-4-8-29-14)13(10-22)18(23)24-19(25)15(30-20(17)24)9-12-5-3-7-28-12/h3-9,11,16H,23H2,1-2H3/b15-9-/t16-/m0/s1. The molecular weight excluding hydrogens is 438 g/mol. The minimum atomic E-state index is -0.672. The summed E-state index contributed by atoms with van der Waals surface area (Å²) >= 11 is 4.11. The van der Waals surface area contributed by atoms with E-state index in [1.54, 1.807) is 19.9 Å². The Morgan fingerprint density at radius 2 is 2.03 bits per heavy atom. The molecule has 30 heavy (non-hydrogen) atoms. The van der Waals surface area contributed by atoms with E-state index in [9.17, 15) is 14.9 Å². The molecule has 6 nitrogen and oxygen atoms in total. The van der Waals surface area contributed by atoms with E-state index in [-0.39, 0.29) is 28.6 Å². The Labute approximate surface area is 184 Å². The van der Waals surface area contributed by atoms with Crippen molar-refractivity contribution in [1.29, 1.82) is 5.26 Å². The first-order valence-electron chi connectivity index (χ1n) is 9.08. The lowest BCUT2D eigenvalue weighted by Gasteiger charge is -2.24. The van der Waals surface area contributed by atoms with Crippen LogP contribution in [0, 0.1) is 11.3 Å². The number of carbonyl (C=O) groups is 1. The molecule has 0 unspecified atom stereocenters. The summed E-state index contributed by atoms with van der Waals surface area (Å²) in [5.74, 6) is -1.17. The van der Waals surface area contributed by atoms with Crippen LogP contribution >= 0.6 is 34.0 Å². The highest BCUT2D eigenvalue weighted by Gasteiger charge is 2.37. The topological polar surface area (TPSA) is 98.1 Å². The van der Waals surface area contributed by atoms with Gasteiger partial charge in [-0.25, -0.2) is 4.79 Å². The highest BCUT2D eigenvalue weighted by atomic mass is 32.1. The van der Waals surface area contributed by atoms with Gasteiger partial charge >= 0.3 is 5.97 Å². The molecule has 0 aliphatic carbocycles. The van der Waals surface area contributed by atoms with Gasteiger partial charge in [0.1, 0.15) is 10.5 Å². The lowest BCUT2D eigenvalue weighted by molar-refractivity contribution is -0.140. The molecule has 0 amide bonds. The molecule has 3 aromatic rings. The summed E-state index contributed by atoms with van der Waals surface area (Å²) in [6.45, 7) is 3.52. The Balaban J connectivity index is 2.10. The van der Waals surface area contributed by atoms with Crippen LogP contribution in [0.5, 0.6) is 0 Å². The van der Waals surface area contributed by atoms with Gasteiger partial charge in [-0.05, 0) is 42.8 Å². The number of nitriles is 1. The van der Waals surface area contributed by atoms with Gasteiger partial charge in [-0.1, -0.05) is 12.1 Å². The number of allylic oxidation sites excluding steroid dienone is 1. The van der Waals surface area contributed by atoms with Gasteiger partial charge in [-0.3, -0.25) is 9.36 Å². The molecule has 3 aromatic heterocycles. The first-order chi connectivity index (χ1) is 14.4. The fraction of sp³-hybridized carbons (Fsp3) is 0.190. The van der Waals surface area contributed by atoms with Crippen molar-refractivity contribution in [2.45, 2.75) is 25.9 Å². The molecule has 2 N–H and O–H groups in total. The molecule has 1 atom stereocenters. The first-order valence-corrected chi connectivity index (χ1v) is 11.7. The summed E-state index contributed by atoms with van der Waals surface area (Å²) in [5, 5.41) is 13.7. The number of thiophene rings is 2. The number of aromatic nitrogens is 1. The summed E-state index contributed by atoms with van der Waals surface area (Å²) in [4.78, 5) is 28.0. The zero-order valence-corrected chi connectivity index (χ0v) is 18.6. The van der Waals surface area contributed by atoms with Crippen molar-refractivity contribution in [2.75, 3.05) is 0 Å². The Morgan fingerprint density at radius 3 is 2.63 bits per heavy atom. The van der Waals surface area contributed by atoms with E-state index in [4.69, 9.17) is 10.5 Å². The van der Waals surface area contributed by atoms with Crippen LogP contribution in [0.2, 0.25) is 0 Å². The van der Waals surface area contributed by atoms with Gasteiger partial charge in [0.25, 0.3) is 5.56 Å². The summed E-state index contributed by atoms with van der Waals surface area (Å²) in [6.07, 6.45) is 1.42. The minimum absolute atomic E-state index is 0.0547. The third-order valence-electron chi connectivity index (χ3n) is 4.48. The molecule has 9 heteroatoms. The third kappa shape index (κ3) is 3.43. The summed E-state index contributed by atoms with van der Waals surface area (Å²) in [7, 11) is 0. The number of hydrogen-bond acceptors (Lipinski definition) is 8. The molecule has 1 aliphatic rings. The maximum absolute atomic E-state index is 13.2. The average Bonchev–Trinajstić information content (AvgIpc) is 3.44. The highest BCUT2D eigenvalue weighted by molar-refractivity contribution is 7.11. The lowest BCUT2D eigenvalue weighted by atomic mass is 9.88. The van der Waals surface area contributed by atoms with Crippen LogP contribution in [-0.2, 0) is 9.53 Å². The van der Waals surface area contributed by atoms with Crippen molar-refractivity contribution < 1.29 is 9.53 Å². The molecule has 0 spiro atoms. The highest BCUT2D eigenvalue weighted by Crippen LogP contribution is 2.38. The van der Waals surface area contributed by atoms with Gasteiger partial charge in [0.2, 0.25) is 0 Å². The van der Waals surface area contributed by atoms with Crippen LogP contribution < -0.4 is 20.5 Å². The second kappa shape index (κ2) is 8.07. The van der Waals surface area contributed by atoms with Crippen molar-refractivity contribution >= 4 is 57.4 Å². The minimum Gasteiger partial charge on any atom is -0.460 e. The van der Waals surface area contributed by atoms with Crippen LogP contribution in [0.25, 0.3) is 17.5 Å². The van der Waals surface area contributed by atoms with Gasteiger partial charge < -0.3 is 10.5 Å². The normalized spacial score (nSPS) is 16.7. The van der Waals surface area contributed by atoms with E-state index >= 15 is 0 Å². The fourth-order valence-corrected chi connectivity index (χ4v) is 6.00. The summed E-state index contributed by atoms with van der Waals surface area (Å²) in [5.41, 5.74) is 6.39. The van der Waals surface area contributed by atoms with E-state index in [0.29, 0.717) is 9.20 Å². The van der Waals surface area contributed by atoms with Crippen LogP contribution in [0.3, 0.4) is 0 Å². The van der Waals surface area contributed by atoms with Crippen molar-refractivity contribution in [3.8, 4) is 6.07 Å². The number of nitrogens with zero attached hydrogens (tertiary/aromatic N) is 2. The third-order valence-corrected chi connectivity index (χ3v) is 7.34.